The largest absolute Gasteiger partial charge is 0.490 e. The summed E-state index contributed by atoms with van der Waals surface area (Å²) in [4.78, 5) is 0. The van der Waals surface area contributed by atoms with E-state index in [9.17, 15) is 9.50 Å². The van der Waals surface area contributed by atoms with Gasteiger partial charge in [-0.05, 0) is 36.8 Å². The highest BCUT2D eigenvalue weighted by Gasteiger charge is 2.34. The van der Waals surface area contributed by atoms with Crippen molar-refractivity contribution in [3.8, 4) is 5.75 Å². The lowest BCUT2D eigenvalue weighted by molar-refractivity contribution is 0.0191. The number of benzene rings is 1. The van der Waals surface area contributed by atoms with Gasteiger partial charge in [-0.25, -0.2) is 4.39 Å². The molecule has 1 aromatic rings. The van der Waals surface area contributed by atoms with Crippen molar-refractivity contribution in [2.45, 2.75) is 51.2 Å². The minimum atomic E-state index is -0.520. The summed E-state index contributed by atoms with van der Waals surface area (Å²) in [5.41, 5.74) is 0.724. The molecule has 0 saturated heterocycles. The van der Waals surface area contributed by atoms with E-state index in [2.05, 4.69) is 6.92 Å². The molecule has 1 fully saturated rings. The van der Waals surface area contributed by atoms with Crippen molar-refractivity contribution in [3.05, 3.63) is 29.6 Å². The molecule has 2 aliphatic rings. The lowest BCUT2D eigenvalue weighted by atomic mass is 9.78. The average Bonchev–Trinajstić information content (AvgIpc) is 2.38. The van der Waals surface area contributed by atoms with E-state index in [-0.39, 0.29) is 11.9 Å². The van der Waals surface area contributed by atoms with Crippen LogP contribution in [0.25, 0.3) is 0 Å². The molecule has 3 heteroatoms. The molecule has 0 aromatic heterocycles. The zero-order valence-electron chi connectivity index (χ0n) is 11.3. The topological polar surface area (TPSA) is 29.5 Å². The van der Waals surface area contributed by atoms with E-state index in [1.807, 2.05) is 0 Å². The third kappa shape index (κ3) is 2.62. The second-order valence-electron chi connectivity index (χ2n) is 6.11. The number of hydrogen-bond donors (Lipinski definition) is 1. The summed E-state index contributed by atoms with van der Waals surface area (Å²) >= 11 is 0. The Morgan fingerprint density at radius 3 is 2.68 bits per heavy atom. The molecule has 0 bridgehead atoms. The third-order valence-electron chi connectivity index (χ3n) is 4.65. The fraction of sp³-hybridized carbons (Fsp3) is 0.625. The van der Waals surface area contributed by atoms with Crippen molar-refractivity contribution >= 4 is 0 Å². The van der Waals surface area contributed by atoms with Crippen LogP contribution >= 0.6 is 0 Å². The number of halogens is 1. The summed E-state index contributed by atoms with van der Waals surface area (Å²) < 4.78 is 19.2. The minimum absolute atomic E-state index is 0.0387. The van der Waals surface area contributed by atoms with Crippen LogP contribution in [0.5, 0.6) is 5.75 Å². The molecule has 0 spiro atoms. The van der Waals surface area contributed by atoms with Gasteiger partial charge in [0.2, 0.25) is 0 Å². The van der Waals surface area contributed by atoms with E-state index >= 15 is 0 Å². The average molecular weight is 264 g/mol. The fourth-order valence-electron chi connectivity index (χ4n) is 3.39. The van der Waals surface area contributed by atoms with Gasteiger partial charge >= 0.3 is 0 Å². The molecule has 1 heterocycles. The van der Waals surface area contributed by atoms with E-state index in [0.717, 1.165) is 24.3 Å². The molecule has 0 radical (unpaired) electrons. The molecular formula is C16H21FO2. The molecular weight excluding hydrogens is 243 g/mol. The van der Waals surface area contributed by atoms with Crippen molar-refractivity contribution in [2.75, 3.05) is 0 Å². The number of ether oxygens (including phenoxy) is 1. The Hall–Kier alpha value is -1.09. The van der Waals surface area contributed by atoms with Crippen molar-refractivity contribution < 1.29 is 14.2 Å². The zero-order valence-corrected chi connectivity index (χ0v) is 11.3. The predicted molar refractivity (Wildman–Crippen MR) is 71.5 cm³/mol. The van der Waals surface area contributed by atoms with Crippen LogP contribution in [0.15, 0.2) is 18.2 Å². The van der Waals surface area contributed by atoms with Gasteiger partial charge in [0.15, 0.2) is 0 Å². The van der Waals surface area contributed by atoms with Crippen LogP contribution in [0.2, 0.25) is 0 Å². The van der Waals surface area contributed by atoms with E-state index in [1.54, 1.807) is 6.07 Å². The van der Waals surface area contributed by atoms with Crippen LogP contribution in [0, 0.1) is 17.7 Å². The van der Waals surface area contributed by atoms with Gasteiger partial charge in [-0.15, -0.1) is 0 Å². The molecule has 1 unspecified atom stereocenters. The fourth-order valence-corrected chi connectivity index (χ4v) is 3.39. The van der Waals surface area contributed by atoms with Crippen LogP contribution in [0.3, 0.4) is 0 Å². The molecule has 104 valence electrons. The number of fused-ring (bicyclic) bond motifs is 1. The summed E-state index contributed by atoms with van der Waals surface area (Å²) in [6.45, 7) is 2.29. The lowest BCUT2D eigenvalue weighted by Crippen LogP contribution is -2.34. The Kier molecular flexibility index (Phi) is 3.48. The van der Waals surface area contributed by atoms with Gasteiger partial charge in [-0.1, -0.05) is 19.8 Å². The number of aliphatic hydroxyl groups is 1. The van der Waals surface area contributed by atoms with Gasteiger partial charge in [0.25, 0.3) is 0 Å². The summed E-state index contributed by atoms with van der Waals surface area (Å²) in [6, 6.07) is 4.42. The molecule has 0 amide bonds. The summed E-state index contributed by atoms with van der Waals surface area (Å²) in [7, 11) is 0. The number of hydrogen-bond acceptors (Lipinski definition) is 2. The number of aliphatic hydroxyl groups excluding tert-OH is 1. The Morgan fingerprint density at radius 2 is 1.95 bits per heavy atom. The van der Waals surface area contributed by atoms with Crippen LogP contribution in [0.4, 0.5) is 4.39 Å². The first kappa shape index (κ1) is 12.9. The van der Waals surface area contributed by atoms with Gasteiger partial charge < -0.3 is 9.84 Å². The van der Waals surface area contributed by atoms with Gasteiger partial charge in [-0.2, -0.15) is 0 Å². The summed E-state index contributed by atoms with van der Waals surface area (Å²) in [6.07, 6.45) is 4.93. The molecule has 1 aliphatic heterocycles. The second-order valence-corrected chi connectivity index (χ2v) is 6.11. The Bertz CT molecular complexity index is 452. The lowest BCUT2D eigenvalue weighted by Gasteiger charge is -2.37. The predicted octanol–water partition coefficient (Wildman–Crippen LogP) is 3.84. The maximum absolute atomic E-state index is 13.3. The first-order valence-corrected chi connectivity index (χ1v) is 7.27. The third-order valence-corrected chi connectivity index (χ3v) is 4.65. The zero-order chi connectivity index (χ0) is 13.4. The van der Waals surface area contributed by atoms with Crippen LogP contribution < -0.4 is 4.74 Å². The SMILES string of the molecule is CC1CCC(C2C[C@@H](O)c3ccc(F)cc3O2)CC1. The van der Waals surface area contributed by atoms with Crippen LogP contribution in [-0.2, 0) is 0 Å². The van der Waals surface area contributed by atoms with Gasteiger partial charge in [0, 0.05) is 18.1 Å². The Labute approximate surface area is 113 Å². The smallest absolute Gasteiger partial charge is 0.128 e. The quantitative estimate of drug-likeness (QED) is 0.835. The monoisotopic (exact) mass is 264 g/mol. The number of rotatable bonds is 1. The van der Waals surface area contributed by atoms with E-state index < -0.39 is 6.10 Å². The van der Waals surface area contributed by atoms with Crippen LogP contribution in [-0.4, -0.2) is 11.2 Å². The first-order valence-electron chi connectivity index (χ1n) is 7.27. The highest BCUT2D eigenvalue weighted by molar-refractivity contribution is 5.37. The Morgan fingerprint density at radius 1 is 1.21 bits per heavy atom. The molecule has 1 saturated carbocycles. The molecule has 2 nitrogen and oxygen atoms in total. The first-order chi connectivity index (χ1) is 9.13. The highest BCUT2D eigenvalue weighted by atomic mass is 19.1. The summed E-state index contributed by atoms with van der Waals surface area (Å²) in [5.74, 6) is 1.53. The Balaban J connectivity index is 1.76. The van der Waals surface area contributed by atoms with Crippen LogP contribution in [0.1, 0.15) is 50.7 Å². The molecule has 3 rings (SSSR count). The van der Waals surface area contributed by atoms with Gasteiger partial charge in [0.1, 0.15) is 17.7 Å². The van der Waals surface area contributed by atoms with Crippen molar-refractivity contribution in [2.24, 2.45) is 11.8 Å². The van der Waals surface area contributed by atoms with Gasteiger partial charge in [-0.3, -0.25) is 0 Å². The molecule has 2 atom stereocenters. The van der Waals surface area contributed by atoms with Crippen molar-refractivity contribution in [1.29, 1.82) is 0 Å². The standard InChI is InChI=1S/C16H21FO2/c1-10-2-4-11(5-3-10)15-9-14(18)13-7-6-12(17)8-16(13)19-15/h6-8,10-11,14-15,18H,2-5,9H2,1H3/t10?,11?,14-,15?/m1/s1. The van der Waals surface area contributed by atoms with Crippen molar-refractivity contribution in [1.82, 2.24) is 0 Å². The van der Waals surface area contributed by atoms with E-state index in [0.29, 0.717) is 18.1 Å². The van der Waals surface area contributed by atoms with Crippen molar-refractivity contribution in [3.63, 3.8) is 0 Å². The normalized spacial score (nSPS) is 34.5. The molecule has 1 aromatic carbocycles. The molecule has 1 N–H and O–H groups in total. The van der Waals surface area contributed by atoms with Gasteiger partial charge in [0.05, 0.1) is 6.10 Å². The van der Waals surface area contributed by atoms with E-state index in [1.165, 1.54) is 25.0 Å². The van der Waals surface area contributed by atoms with E-state index in [4.69, 9.17) is 4.74 Å². The molecule has 1 aliphatic carbocycles. The summed E-state index contributed by atoms with van der Waals surface area (Å²) in [5, 5.41) is 10.2. The maximum atomic E-state index is 13.3. The highest BCUT2D eigenvalue weighted by Crippen LogP contribution is 2.41. The second kappa shape index (κ2) is 5.12. The minimum Gasteiger partial charge on any atom is -0.490 e. The molecule has 19 heavy (non-hydrogen) atoms. The maximum Gasteiger partial charge on any atom is 0.128 e.